The Balaban J connectivity index is 3.58. The Hall–Kier alpha value is -1.05. The first kappa shape index (κ1) is 1.47. The summed E-state index contributed by atoms with van der Waals surface area (Å²) in [4.78, 5) is 11.1. The van der Waals surface area contributed by atoms with E-state index in [9.17, 15) is 4.79 Å². The summed E-state index contributed by atoms with van der Waals surface area (Å²) in [6.45, 7) is -2.75. The fourth-order valence-corrected chi connectivity index (χ4v) is 0.283. The van der Waals surface area contributed by atoms with Crippen molar-refractivity contribution < 1.29 is 12.6 Å². The summed E-state index contributed by atoms with van der Waals surface area (Å²) < 4.78 is 46.3. The van der Waals surface area contributed by atoms with E-state index in [1.807, 2.05) is 0 Å². The Kier molecular flexibility index (Phi) is 0.334. The molecule has 1 rings (SSSR count). The van der Waals surface area contributed by atoms with Crippen molar-refractivity contribution in [1.29, 1.82) is 0 Å². The molecule has 0 aliphatic heterocycles. The highest BCUT2D eigenvalue weighted by Crippen LogP contribution is 1.87. The van der Waals surface area contributed by atoms with Crippen LogP contribution >= 0.6 is 0 Å². The Labute approximate surface area is 55.2 Å². The van der Waals surface area contributed by atoms with Crippen molar-refractivity contribution in [1.82, 2.24) is 0 Å². The van der Waals surface area contributed by atoms with Gasteiger partial charge in [-0.1, -0.05) is 0 Å². The summed E-state index contributed by atoms with van der Waals surface area (Å²) in [7, 11) is 0. The van der Waals surface area contributed by atoms with Crippen molar-refractivity contribution in [2.45, 2.75) is 6.85 Å². The van der Waals surface area contributed by atoms with Crippen molar-refractivity contribution in [3.63, 3.8) is 0 Å². The summed E-state index contributed by atoms with van der Waals surface area (Å²) in [6, 6.07) is -1.69. The van der Waals surface area contributed by atoms with E-state index in [2.05, 4.69) is 4.42 Å². The molecular formula is C6H6O2. The highest BCUT2D eigenvalue weighted by atomic mass is 16.3. The largest absolute Gasteiger partial charge is 0.469 e. The minimum Gasteiger partial charge on any atom is -0.469 e. The highest BCUT2D eigenvalue weighted by Gasteiger charge is 1.82. The van der Waals surface area contributed by atoms with Crippen molar-refractivity contribution >= 4 is 0 Å². The molecule has 2 nitrogen and oxygen atoms in total. The van der Waals surface area contributed by atoms with E-state index in [1.54, 1.807) is 0 Å². The van der Waals surface area contributed by atoms with Gasteiger partial charge in [-0.2, -0.15) is 0 Å². The normalized spacial score (nSPS) is 21.5. The van der Waals surface area contributed by atoms with E-state index in [0.29, 0.717) is 0 Å². The molecule has 0 atom stereocenters. The zero-order valence-corrected chi connectivity index (χ0v) is 3.82. The third kappa shape index (κ3) is 0.964. The second kappa shape index (κ2) is 1.82. The summed E-state index contributed by atoms with van der Waals surface area (Å²) in [5, 5.41) is 0. The topological polar surface area (TPSA) is 30.2 Å². The predicted octanol–water partition coefficient (Wildman–Crippen LogP) is 0.948. The third-order valence-electron chi connectivity index (χ3n) is 0.545. The lowest BCUT2D eigenvalue weighted by atomic mass is 10.4. The van der Waals surface area contributed by atoms with Gasteiger partial charge < -0.3 is 4.42 Å². The van der Waals surface area contributed by atoms with Gasteiger partial charge in [-0.25, -0.2) is 0 Å². The van der Waals surface area contributed by atoms with E-state index in [4.69, 9.17) is 8.22 Å². The zero-order chi connectivity index (χ0) is 11.1. The SMILES string of the molecule is [2H]c1oc(C([2H])([2H])[2H])c([2H])c(=O)c1[2H]. The van der Waals surface area contributed by atoms with Gasteiger partial charge in [-0.15, -0.1) is 0 Å². The maximum atomic E-state index is 11.1. The molecule has 0 unspecified atom stereocenters. The van der Waals surface area contributed by atoms with Gasteiger partial charge in [0.25, 0.3) is 0 Å². The molecule has 0 fully saturated rings. The summed E-state index contributed by atoms with van der Waals surface area (Å²) in [5.74, 6) is -0.844. The monoisotopic (exact) mass is 116 g/mol. The first-order valence-electron chi connectivity index (χ1n) is 4.86. The summed E-state index contributed by atoms with van der Waals surface area (Å²) >= 11 is 0. The van der Waals surface area contributed by atoms with Gasteiger partial charge >= 0.3 is 0 Å². The molecule has 0 N–H and O–H groups in total. The molecule has 0 radical (unpaired) electrons. The molecule has 1 aromatic rings. The fraction of sp³-hybridized carbons (Fsp3) is 0.167. The van der Waals surface area contributed by atoms with Gasteiger partial charge in [0, 0.05) is 16.2 Å². The van der Waals surface area contributed by atoms with Crippen molar-refractivity contribution in [2.24, 2.45) is 0 Å². The first-order valence-corrected chi connectivity index (χ1v) is 1.86. The molecule has 1 aromatic heterocycles. The Morgan fingerprint density at radius 3 is 3.62 bits per heavy atom. The van der Waals surface area contributed by atoms with E-state index < -0.39 is 36.4 Å². The smallest absolute Gasteiger partial charge is 0.185 e. The maximum Gasteiger partial charge on any atom is 0.185 e. The molecule has 0 aromatic carbocycles. The van der Waals surface area contributed by atoms with Gasteiger partial charge in [-0.3, -0.25) is 4.79 Å². The molecule has 0 aliphatic rings. The van der Waals surface area contributed by atoms with Crippen LogP contribution in [0.25, 0.3) is 0 Å². The van der Waals surface area contributed by atoms with Crippen LogP contribution in [0.4, 0.5) is 0 Å². The second-order valence-corrected chi connectivity index (χ2v) is 1.11. The molecule has 8 heavy (non-hydrogen) atoms. The van der Waals surface area contributed by atoms with Crippen molar-refractivity contribution in [2.75, 3.05) is 0 Å². The molecule has 0 aliphatic carbocycles. The number of aryl methyl sites for hydroxylation is 1. The van der Waals surface area contributed by atoms with Crippen LogP contribution in [0.15, 0.2) is 27.5 Å². The molecule has 0 saturated carbocycles. The highest BCUT2D eigenvalue weighted by molar-refractivity contribution is 4.96. The van der Waals surface area contributed by atoms with Crippen molar-refractivity contribution in [3.05, 3.63) is 34.3 Å². The molecule has 0 amide bonds. The van der Waals surface area contributed by atoms with Gasteiger partial charge in [0.15, 0.2) is 5.43 Å². The van der Waals surface area contributed by atoms with Crippen LogP contribution in [-0.2, 0) is 0 Å². The molecule has 0 bridgehead atoms. The Bertz CT molecular complexity index is 418. The molecule has 0 saturated heterocycles. The van der Waals surface area contributed by atoms with Gasteiger partial charge in [0.1, 0.15) is 7.13 Å². The van der Waals surface area contributed by atoms with Gasteiger partial charge in [-0.05, 0) is 6.85 Å². The molecule has 0 spiro atoms. The first-order chi connectivity index (χ1) is 6.25. The Morgan fingerprint density at radius 1 is 2.00 bits per heavy atom. The Morgan fingerprint density at radius 2 is 2.88 bits per heavy atom. The van der Waals surface area contributed by atoms with E-state index in [0.717, 1.165) is 0 Å². The standard InChI is InChI=1S/C6H6O2/c1-5-4-6(7)2-3-8-5/h2-4H,1H3/i1D3,2D,3D,4D. The van der Waals surface area contributed by atoms with Crippen LogP contribution in [0, 0.1) is 6.85 Å². The average Bonchev–Trinajstić information content (AvgIpc) is 2.06. The lowest BCUT2D eigenvalue weighted by Crippen LogP contribution is -1.93. The molecule has 1 heterocycles. The van der Waals surface area contributed by atoms with Crippen LogP contribution in [0.2, 0.25) is 0 Å². The lowest BCUT2D eigenvalue weighted by molar-refractivity contribution is 0.515. The third-order valence-corrected chi connectivity index (χ3v) is 0.545. The number of hydrogen-bond donors (Lipinski definition) is 0. The predicted molar refractivity (Wildman–Crippen MR) is 29.7 cm³/mol. The fourth-order valence-electron chi connectivity index (χ4n) is 0.283. The zero-order valence-electron chi connectivity index (χ0n) is 9.82. The van der Waals surface area contributed by atoms with E-state index in [-0.39, 0.29) is 0 Å². The van der Waals surface area contributed by atoms with Crippen LogP contribution < -0.4 is 5.43 Å². The average molecular weight is 116 g/mol. The molecule has 42 valence electrons. The minimum atomic E-state index is -2.75. The van der Waals surface area contributed by atoms with Crippen LogP contribution in [-0.4, -0.2) is 0 Å². The van der Waals surface area contributed by atoms with Crippen LogP contribution in [0.3, 0.4) is 0 Å². The lowest BCUT2D eigenvalue weighted by Gasteiger charge is -1.83. The number of hydrogen-bond acceptors (Lipinski definition) is 2. The van der Waals surface area contributed by atoms with E-state index in [1.165, 1.54) is 0 Å². The quantitative estimate of drug-likeness (QED) is 0.505. The number of rotatable bonds is 0. The molecular weight excluding hydrogens is 104 g/mol. The minimum absolute atomic E-state index is 0.803. The van der Waals surface area contributed by atoms with E-state index >= 15 is 0 Å². The summed E-state index contributed by atoms with van der Waals surface area (Å²) in [5.41, 5.74) is -1.10. The van der Waals surface area contributed by atoms with Crippen LogP contribution in [0.5, 0.6) is 0 Å². The summed E-state index contributed by atoms with van der Waals surface area (Å²) in [6.07, 6.45) is -0.836. The maximum absolute atomic E-state index is 11.1. The van der Waals surface area contributed by atoms with Gasteiger partial charge in [0.2, 0.25) is 0 Å². The van der Waals surface area contributed by atoms with Crippen LogP contribution in [0.1, 0.15) is 14.0 Å². The van der Waals surface area contributed by atoms with Crippen molar-refractivity contribution in [3.8, 4) is 0 Å². The second-order valence-electron chi connectivity index (χ2n) is 1.11. The van der Waals surface area contributed by atoms with Gasteiger partial charge in [0.05, 0.1) is 8.98 Å². The molecule has 2 heteroatoms.